The summed E-state index contributed by atoms with van der Waals surface area (Å²) in [5.41, 5.74) is 1.51. The molecule has 1 aromatic heterocycles. The number of amides is 2. The lowest BCUT2D eigenvalue weighted by Gasteiger charge is -2.26. The number of halogens is 1. The third-order valence-corrected chi connectivity index (χ3v) is 4.46. The molecule has 1 N–H and O–H groups in total. The Morgan fingerprint density at radius 1 is 1.00 bits per heavy atom. The van der Waals surface area contributed by atoms with Crippen LogP contribution in [0.3, 0.4) is 0 Å². The Bertz CT molecular complexity index is 756. The van der Waals surface area contributed by atoms with Gasteiger partial charge in [-0.3, -0.25) is 9.59 Å². The molecule has 1 aromatic carbocycles. The van der Waals surface area contributed by atoms with Crippen LogP contribution in [0.15, 0.2) is 42.5 Å². The van der Waals surface area contributed by atoms with E-state index in [4.69, 9.17) is 11.6 Å². The van der Waals surface area contributed by atoms with Crippen molar-refractivity contribution in [3.05, 3.63) is 64.4 Å². The first-order valence-electron chi connectivity index (χ1n) is 8.42. The van der Waals surface area contributed by atoms with Gasteiger partial charge >= 0.3 is 0 Å². The van der Waals surface area contributed by atoms with Gasteiger partial charge in [0.15, 0.2) is 0 Å². The molecule has 1 saturated heterocycles. The molecule has 25 heavy (non-hydrogen) atoms. The Labute approximate surface area is 152 Å². The minimum Gasteiger partial charge on any atom is -0.347 e. The molecular weight excluding hydrogens is 338 g/mol. The van der Waals surface area contributed by atoms with Crippen LogP contribution < -0.4 is 5.32 Å². The average Bonchev–Trinajstić information content (AvgIpc) is 2.67. The van der Waals surface area contributed by atoms with Gasteiger partial charge in [0.25, 0.3) is 11.8 Å². The summed E-state index contributed by atoms with van der Waals surface area (Å²) in [7, 11) is 0. The lowest BCUT2D eigenvalue weighted by molar-refractivity contribution is 0.0718. The number of rotatable bonds is 4. The van der Waals surface area contributed by atoms with Crippen LogP contribution in [0.4, 0.5) is 0 Å². The van der Waals surface area contributed by atoms with Gasteiger partial charge in [0.2, 0.25) is 0 Å². The van der Waals surface area contributed by atoms with Crippen molar-refractivity contribution in [1.29, 1.82) is 0 Å². The van der Waals surface area contributed by atoms with Gasteiger partial charge in [0.05, 0.1) is 0 Å². The fourth-order valence-electron chi connectivity index (χ4n) is 2.81. The van der Waals surface area contributed by atoms with Crippen LogP contribution in [0.5, 0.6) is 0 Å². The molecule has 1 aliphatic heterocycles. The van der Waals surface area contributed by atoms with Crippen LogP contribution >= 0.6 is 11.6 Å². The monoisotopic (exact) mass is 357 g/mol. The van der Waals surface area contributed by atoms with Crippen molar-refractivity contribution < 1.29 is 9.59 Å². The summed E-state index contributed by atoms with van der Waals surface area (Å²) in [6.07, 6.45) is 3.20. The topological polar surface area (TPSA) is 62.3 Å². The molecule has 0 spiro atoms. The molecule has 3 rings (SSSR count). The van der Waals surface area contributed by atoms with Crippen LogP contribution in [-0.2, 0) is 6.54 Å². The molecule has 6 heteroatoms. The lowest BCUT2D eigenvalue weighted by atomic mass is 10.1. The molecule has 2 heterocycles. The molecule has 0 unspecified atom stereocenters. The number of benzene rings is 1. The Hall–Kier alpha value is -2.40. The molecule has 0 radical (unpaired) electrons. The van der Waals surface area contributed by atoms with E-state index in [1.54, 1.807) is 35.2 Å². The summed E-state index contributed by atoms with van der Waals surface area (Å²) in [5, 5.41) is 3.46. The van der Waals surface area contributed by atoms with Gasteiger partial charge in [-0.1, -0.05) is 29.8 Å². The van der Waals surface area contributed by atoms with E-state index in [1.165, 1.54) is 0 Å². The molecule has 0 saturated carbocycles. The third kappa shape index (κ3) is 4.57. The maximum atomic E-state index is 12.5. The molecule has 5 nitrogen and oxygen atoms in total. The highest BCUT2D eigenvalue weighted by Gasteiger charge is 2.20. The second-order valence-electron chi connectivity index (χ2n) is 6.07. The fourth-order valence-corrected chi connectivity index (χ4v) is 2.94. The summed E-state index contributed by atoms with van der Waals surface area (Å²) in [5.74, 6) is -0.407. The number of piperidine rings is 1. The number of nitrogens with one attached hydrogen (secondary N) is 1. The number of hydrogen-bond acceptors (Lipinski definition) is 3. The van der Waals surface area contributed by atoms with Crippen LogP contribution in [0.25, 0.3) is 0 Å². The molecule has 0 aliphatic carbocycles. The van der Waals surface area contributed by atoms with Gasteiger partial charge in [-0.05, 0) is 49.1 Å². The van der Waals surface area contributed by atoms with E-state index < -0.39 is 0 Å². The van der Waals surface area contributed by atoms with Crippen molar-refractivity contribution in [2.24, 2.45) is 0 Å². The van der Waals surface area contributed by atoms with E-state index in [0.717, 1.165) is 37.9 Å². The minimum atomic E-state index is -0.303. The van der Waals surface area contributed by atoms with Crippen LogP contribution in [0.1, 0.15) is 45.8 Å². The third-order valence-electron chi connectivity index (χ3n) is 4.21. The molecule has 130 valence electrons. The Balaban J connectivity index is 1.64. The SMILES string of the molecule is O=C(NCc1ccc(Cl)cc1)c1cccc(C(=O)N2CCCCC2)n1. The number of likely N-dealkylation sites (tertiary alicyclic amines) is 1. The highest BCUT2D eigenvalue weighted by molar-refractivity contribution is 6.30. The number of aromatic nitrogens is 1. The molecule has 1 fully saturated rings. The second kappa shape index (κ2) is 8.12. The molecule has 0 atom stereocenters. The molecular formula is C19H20ClN3O2. The summed E-state index contributed by atoms with van der Waals surface area (Å²) in [4.78, 5) is 30.9. The highest BCUT2D eigenvalue weighted by Crippen LogP contribution is 2.13. The predicted molar refractivity (Wildman–Crippen MR) is 96.6 cm³/mol. The van der Waals surface area contributed by atoms with Crippen molar-refractivity contribution >= 4 is 23.4 Å². The molecule has 1 aliphatic rings. The smallest absolute Gasteiger partial charge is 0.272 e. The summed E-state index contributed by atoms with van der Waals surface area (Å²) >= 11 is 5.85. The first-order valence-corrected chi connectivity index (χ1v) is 8.80. The van der Waals surface area contributed by atoms with Crippen LogP contribution in [0.2, 0.25) is 5.02 Å². The maximum absolute atomic E-state index is 12.5. The summed E-state index contributed by atoms with van der Waals surface area (Å²) < 4.78 is 0. The largest absolute Gasteiger partial charge is 0.347 e. The quantitative estimate of drug-likeness (QED) is 0.913. The van der Waals surface area contributed by atoms with E-state index in [-0.39, 0.29) is 17.5 Å². The van der Waals surface area contributed by atoms with Gasteiger partial charge in [0.1, 0.15) is 11.4 Å². The highest BCUT2D eigenvalue weighted by atomic mass is 35.5. The minimum absolute atomic E-state index is 0.105. The zero-order valence-electron chi connectivity index (χ0n) is 13.9. The van der Waals surface area contributed by atoms with E-state index >= 15 is 0 Å². The normalized spacial score (nSPS) is 14.2. The maximum Gasteiger partial charge on any atom is 0.272 e. The van der Waals surface area contributed by atoms with Gasteiger partial charge in [-0.25, -0.2) is 4.98 Å². The number of nitrogens with zero attached hydrogens (tertiary/aromatic N) is 2. The standard InChI is InChI=1S/C19H20ClN3O2/c20-15-9-7-14(8-10-15)13-21-18(24)16-5-4-6-17(22-16)19(25)23-11-2-1-3-12-23/h4-10H,1-3,11-13H2,(H,21,24). The fraction of sp³-hybridized carbons (Fsp3) is 0.316. The van der Waals surface area contributed by atoms with E-state index in [1.807, 2.05) is 12.1 Å². The van der Waals surface area contributed by atoms with Crippen molar-refractivity contribution in [3.8, 4) is 0 Å². The van der Waals surface area contributed by atoms with Gasteiger partial charge in [0, 0.05) is 24.7 Å². The molecule has 2 amide bonds. The Kier molecular flexibility index (Phi) is 5.66. The zero-order valence-corrected chi connectivity index (χ0v) is 14.6. The first-order chi connectivity index (χ1) is 12.1. The van der Waals surface area contributed by atoms with Crippen molar-refractivity contribution in [2.45, 2.75) is 25.8 Å². The summed E-state index contributed by atoms with van der Waals surface area (Å²) in [6.45, 7) is 1.89. The predicted octanol–water partition coefficient (Wildman–Crippen LogP) is 3.29. The van der Waals surface area contributed by atoms with E-state index in [0.29, 0.717) is 17.3 Å². The Morgan fingerprint density at radius 3 is 2.40 bits per heavy atom. The zero-order chi connectivity index (χ0) is 17.6. The summed E-state index contributed by atoms with van der Waals surface area (Å²) in [6, 6.07) is 12.2. The number of carbonyl (C=O) groups excluding carboxylic acids is 2. The second-order valence-corrected chi connectivity index (χ2v) is 6.51. The van der Waals surface area contributed by atoms with Crippen LogP contribution in [0, 0.1) is 0 Å². The number of carbonyl (C=O) groups is 2. The van der Waals surface area contributed by atoms with Crippen molar-refractivity contribution in [2.75, 3.05) is 13.1 Å². The molecule has 0 bridgehead atoms. The van der Waals surface area contributed by atoms with Gasteiger partial charge in [-0.15, -0.1) is 0 Å². The number of pyridine rings is 1. The first kappa shape index (κ1) is 17.4. The van der Waals surface area contributed by atoms with Gasteiger partial charge < -0.3 is 10.2 Å². The Morgan fingerprint density at radius 2 is 1.68 bits per heavy atom. The van der Waals surface area contributed by atoms with Gasteiger partial charge in [-0.2, -0.15) is 0 Å². The van der Waals surface area contributed by atoms with Crippen LogP contribution in [-0.4, -0.2) is 34.8 Å². The average molecular weight is 358 g/mol. The lowest BCUT2D eigenvalue weighted by Crippen LogP contribution is -2.36. The van der Waals surface area contributed by atoms with E-state index in [2.05, 4.69) is 10.3 Å². The number of hydrogen-bond donors (Lipinski definition) is 1. The molecule has 2 aromatic rings. The van der Waals surface area contributed by atoms with Crippen molar-refractivity contribution in [1.82, 2.24) is 15.2 Å². The van der Waals surface area contributed by atoms with E-state index in [9.17, 15) is 9.59 Å². The van der Waals surface area contributed by atoms with Crippen molar-refractivity contribution in [3.63, 3.8) is 0 Å².